The average molecular weight is 821 g/mol. The smallest absolute Gasteiger partial charge is 0.0240 e. The summed E-state index contributed by atoms with van der Waals surface area (Å²) in [5.74, 6) is 0. The molecule has 0 aliphatic heterocycles. The fourth-order valence-corrected chi connectivity index (χ4v) is 5.33. The van der Waals surface area contributed by atoms with Gasteiger partial charge < -0.3 is 0 Å². The Morgan fingerprint density at radius 1 is 0.636 bits per heavy atom. The van der Waals surface area contributed by atoms with Crippen LogP contribution in [-0.4, -0.2) is 4.21 Å². The molecule has 6 aromatic rings. The van der Waals surface area contributed by atoms with Crippen LogP contribution >= 0.6 is 56.7 Å². The minimum atomic E-state index is 0. The minimum absolute atomic E-state index is 0. The van der Waals surface area contributed by atoms with E-state index in [4.69, 9.17) is 0 Å². The summed E-state index contributed by atoms with van der Waals surface area (Å²) in [4.78, 5) is 0. The van der Waals surface area contributed by atoms with E-state index >= 15 is 0 Å². The summed E-state index contributed by atoms with van der Waals surface area (Å²) >= 11 is 7.88. The number of fused-ring (bicyclic) bond motifs is 8. The van der Waals surface area contributed by atoms with Gasteiger partial charge >= 0.3 is 28.4 Å². The quantitative estimate of drug-likeness (QED) is 0.106. The van der Waals surface area contributed by atoms with E-state index in [2.05, 4.69) is 127 Å². The van der Waals surface area contributed by atoms with Crippen molar-refractivity contribution in [3.63, 3.8) is 0 Å². The van der Waals surface area contributed by atoms with Crippen LogP contribution in [-0.2, 0) is 30.7 Å². The number of hydrogen-bond acceptors (Lipinski definition) is 0. The van der Waals surface area contributed by atoms with E-state index in [0.717, 1.165) is 21.8 Å². The molecule has 0 N–H and O–H groups in total. The van der Waals surface area contributed by atoms with Crippen molar-refractivity contribution in [1.82, 2.24) is 0 Å². The normalized spacial score (nSPS) is 10.8. The molecule has 0 unspecified atom stereocenters. The van der Waals surface area contributed by atoms with Crippen LogP contribution in [0.5, 0.6) is 0 Å². The third-order valence-electron chi connectivity index (χ3n) is 6.54. The molecule has 222 valence electrons. The van der Waals surface area contributed by atoms with Crippen molar-refractivity contribution in [2.75, 3.05) is 0 Å². The van der Waals surface area contributed by atoms with E-state index in [0.29, 0.717) is 0 Å². The molecule has 0 aromatic heterocycles. The summed E-state index contributed by atoms with van der Waals surface area (Å²) in [5.41, 5.74) is 5.67. The molecule has 0 nitrogen and oxygen atoms in total. The molecule has 8 rings (SSSR count). The molecule has 0 radical (unpaired) electrons. The van der Waals surface area contributed by atoms with E-state index in [-0.39, 0.29) is 24.8 Å². The zero-order valence-electron chi connectivity index (χ0n) is 23.9. The zero-order valence-corrected chi connectivity index (χ0v) is 31.2. The van der Waals surface area contributed by atoms with Crippen LogP contribution in [0.2, 0.25) is 0 Å². The van der Waals surface area contributed by atoms with Gasteiger partial charge in [-0.1, -0.05) is 94.7 Å². The maximum absolute atomic E-state index is 3.48. The maximum Gasteiger partial charge on any atom is -0.0240 e. The Morgan fingerprint density at radius 3 is 1.73 bits per heavy atom. The van der Waals surface area contributed by atoms with Crippen molar-refractivity contribution >= 4 is 82.4 Å². The topological polar surface area (TPSA) is 0 Å². The van der Waals surface area contributed by atoms with Crippen LogP contribution in [0.25, 0.3) is 32.7 Å². The molecule has 5 heteroatoms. The molecule has 0 spiro atoms. The Labute approximate surface area is 305 Å². The van der Waals surface area contributed by atoms with Crippen molar-refractivity contribution in [1.29, 1.82) is 0 Å². The number of halogens is 4. The first-order valence-corrected chi connectivity index (χ1v) is 16.8. The summed E-state index contributed by atoms with van der Waals surface area (Å²) in [6.07, 6.45) is 11.0. The number of rotatable bonds is 0. The average Bonchev–Trinajstić information content (AvgIpc) is 3.76. The summed E-state index contributed by atoms with van der Waals surface area (Å²) in [6, 6.07) is 48.4. The molecular weight excluding hydrogens is 790 g/mol. The second-order valence-electron chi connectivity index (χ2n) is 9.13. The predicted octanol–water partition coefficient (Wildman–Crippen LogP) is 12.0. The van der Waals surface area contributed by atoms with Gasteiger partial charge in [0.15, 0.2) is 0 Å². The first kappa shape index (κ1) is 37.8. The van der Waals surface area contributed by atoms with Gasteiger partial charge in [-0.25, -0.2) is 12.2 Å². The molecule has 0 heterocycles. The standard InChI is InChI=1S/C21H13.2C6H4Br.C5H5.CH2.2ClH.Zr/c1-2-8-15-14(7-1)13-20-18-11-4-3-9-16(18)17-10-5-6-12-19(17)21(15)20;2*7-6-4-2-1-3-5-6;1-2-4-5-3-1;;;;/h1-10,12H,13H2;2*2-5H;1-3H,4H2;1H2;2*1H;/q4*-1;;;;. The molecule has 0 amide bonds. The molecule has 2 aliphatic carbocycles. The second kappa shape index (κ2) is 20.6. The Morgan fingerprint density at radius 2 is 1.20 bits per heavy atom. The SMILES string of the molecule is Brc1cc[c-]cc1.Brc1cc[c-]cc1.Cl.Cl.[C-]1=CC=CC1.[CH2]=[Zr].[c-]1cccc2c1c1c(c3ccccc32)-c2ccccc2C1. The Balaban J connectivity index is 0.000000243. The third kappa shape index (κ3) is 10.3. The van der Waals surface area contributed by atoms with Crippen molar-refractivity contribution in [2.45, 2.75) is 12.8 Å². The molecule has 0 saturated heterocycles. The van der Waals surface area contributed by atoms with Crippen LogP contribution in [0, 0.1) is 24.3 Å². The van der Waals surface area contributed by atoms with Crippen LogP contribution in [0.4, 0.5) is 0 Å². The molecule has 0 fully saturated rings. The molecule has 6 aromatic carbocycles. The zero-order chi connectivity index (χ0) is 29.6. The second-order valence-corrected chi connectivity index (χ2v) is 11.0. The third-order valence-corrected chi connectivity index (χ3v) is 7.60. The van der Waals surface area contributed by atoms with Gasteiger partial charge in [-0.15, -0.1) is 71.8 Å². The van der Waals surface area contributed by atoms with Gasteiger partial charge in [0.25, 0.3) is 0 Å². The van der Waals surface area contributed by atoms with E-state index in [1.165, 1.54) is 68.0 Å². The van der Waals surface area contributed by atoms with E-state index in [1.807, 2.05) is 66.7 Å². The first-order chi connectivity index (χ1) is 20.7. The van der Waals surface area contributed by atoms with Gasteiger partial charge in [-0.2, -0.15) is 66.7 Å². The van der Waals surface area contributed by atoms with Gasteiger partial charge in [0.05, 0.1) is 0 Å². The Kier molecular flexibility index (Phi) is 17.7. The molecule has 0 saturated carbocycles. The molecule has 0 bridgehead atoms. The minimum Gasteiger partial charge on any atom is -0.147 e. The van der Waals surface area contributed by atoms with Gasteiger partial charge in [0.1, 0.15) is 0 Å². The Hall–Kier alpha value is -2.39. The summed E-state index contributed by atoms with van der Waals surface area (Å²) in [6.45, 7) is 0. The monoisotopic (exact) mass is 816 g/mol. The van der Waals surface area contributed by atoms with Gasteiger partial charge in [-0.05, 0) is 28.5 Å². The molecule has 0 atom stereocenters. The predicted molar refractivity (Wildman–Crippen MR) is 198 cm³/mol. The van der Waals surface area contributed by atoms with E-state index in [9.17, 15) is 0 Å². The van der Waals surface area contributed by atoms with Crippen molar-refractivity contribution < 1.29 is 24.2 Å². The summed E-state index contributed by atoms with van der Waals surface area (Å²) < 4.78 is 5.55. The van der Waals surface area contributed by atoms with Crippen molar-refractivity contribution in [3.8, 4) is 11.1 Å². The number of hydrogen-bond donors (Lipinski definition) is 0. The fourth-order valence-electron chi connectivity index (χ4n) is 4.80. The van der Waals surface area contributed by atoms with E-state index in [1.54, 1.807) is 0 Å². The maximum atomic E-state index is 3.48. The number of benzene rings is 6. The van der Waals surface area contributed by atoms with Crippen LogP contribution in [0.15, 0.2) is 142 Å². The molecule has 44 heavy (non-hydrogen) atoms. The summed E-state index contributed by atoms with van der Waals surface area (Å²) in [5, 5.41) is 5.30. The van der Waals surface area contributed by atoms with Crippen molar-refractivity contribution in [3.05, 3.63) is 178 Å². The van der Waals surface area contributed by atoms with Gasteiger partial charge in [0, 0.05) is 0 Å². The largest absolute Gasteiger partial charge is 0.147 e. The van der Waals surface area contributed by atoms with Crippen LogP contribution < -0.4 is 0 Å². The fraction of sp³-hybridized carbons (Fsp3) is 0.0513. The van der Waals surface area contributed by atoms with E-state index < -0.39 is 0 Å². The summed E-state index contributed by atoms with van der Waals surface area (Å²) in [7, 11) is 0. The van der Waals surface area contributed by atoms with Gasteiger partial charge in [0.2, 0.25) is 0 Å². The molecule has 2 aliphatic rings. The van der Waals surface area contributed by atoms with Gasteiger partial charge in [-0.3, -0.25) is 6.08 Å². The van der Waals surface area contributed by atoms with Crippen molar-refractivity contribution in [2.24, 2.45) is 0 Å². The van der Waals surface area contributed by atoms with Crippen LogP contribution in [0.3, 0.4) is 0 Å². The first-order valence-electron chi connectivity index (χ1n) is 13.4. The molecular formula is C39H30Br2Cl2Zr-4. The van der Waals surface area contributed by atoms with Crippen LogP contribution in [0.1, 0.15) is 17.5 Å². The number of allylic oxidation sites excluding steroid dienone is 4. The Bertz CT molecular complexity index is 1740.